The van der Waals surface area contributed by atoms with Crippen molar-refractivity contribution in [3.05, 3.63) is 84.4 Å². The van der Waals surface area contributed by atoms with Gasteiger partial charge in [-0.15, -0.1) is 0 Å². The van der Waals surface area contributed by atoms with Crippen molar-refractivity contribution in [1.29, 1.82) is 0 Å². The van der Waals surface area contributed by atoms with Crippen molar-refractivity contribution in [2.45, 2.75) is 0 Å². The summed E-state index contributed by atoms with van der Waals surface area (Å²) in [5.74, 6) is 0.844. The number of rotatable bonds is 11. The van der Waals surface area contributed by atoms with Crippen LogP contribution in [0.25, 0.3) is 40.0 Å². The number of hydrogen-bond donors (Lipinski definition) is 1. The molecule has 37 heavy (non-hydrogen) atoms. The topological polar surface area (TPSA) is 53.6 Å². The van der Waals surface area contributed by atoms with E-state index in [0.29, 0.717) is 19.8 Å². The summed E-state index contributed by atoms with van der Waals surface area (Å²) in [7, 11) is 9.87. The van der Waals surface area contributed by atoms with E-state index < -0.39 is 0 Å². The number of nitrogens with zero attached hydrogens (tertiary/aromatic N) is 3. The van der Waals surface area contributed by atoms with Gasteiger partial charge in [0.15, 0.2) is 0 Å². The van der Waals surface area contributed by atoms with Crippen LogP contribution in [0.15, 0.2) is 78.9 Å². The van der Waals surface area contributed by atoms with E-state index in [-0.39, 0.29) is 0 Å². The lowest BCUT2D eigenvalue weighted by molar-refractivity contribution is 0.0855. The molecule has 192 valence electrons. The number of benzene rings is 3. The largest absolute Gasteiger partial charge is 0.382 e. The lowest BCUT2D eigenvalue weighted by atomic mass is 10.0. The van der Waals surface area contributed by atoms with E-state index in [0.717, 1.165) is 50.8 Å². The van der Waals surface area contributed by atoms with Gasteiger partial charge in [0.2, 0.25) is 0 Å². The van der Waals surface area contributed by atoms with E-state index in [4.69, 9.17) is 14.5 Å². The minimum Gasteiger partial charge on any atom is -0.382 e. The number of aromatic amines is 1. The Hall–Kier alpha value is -3.87. The van der Waals surface area contributed by atoms with Crippen LogP contribution in [0.3, 0.4) is 0 Å². The molecule has 0 bridgehead atoms. The van der Waals surface area contributed by atoms with Crippen LogP contribution in [0.1, 0.15) is 5.56 Å². The van der Waals surface area contributed by atoms with Crippen LogP contribution in [0.5, 0.6) is 0 Å². The molecule has 0 aliphatic rings. The van der Waals surface area contributed by atoms with Crippen LogP contribution in [0.4, 0.5) is 11.4 Å². The minimum atomic E-state index is 0.565. The smallest absolute Gasteiger partial charge is 0.138 e. The lowest BCUT2D eigenvalue weighted by Gasteiger charge is -2.13. The van der Waals surface area contributed by atoms with Crippen molar-refractivity contribution >= 4 is 17.5 Å². The summed E-state index contributed by atoms with van der Waals surface area (Å²) in [6, 6.07) is 25.5. The molecule has 0 fully saturated rings. The first-order chi connectivity index (χ1) is 18.0. The number of aromatic nitrogens is 2. The number of imidazole rings is 1. The van der Waals surface area contributed by atoms with Crippen molar-refractivity contribution < 1.29 is 9.47 Å². The van der Waals surface area contributed by atoms with E-state index in [9.17, 15) is 0 Å². The third kappa shape index (κ3) is 6.67. The molecule has 3 aromatic carbocycles. The van der Waals surface area contributed by atoms with Crippen LogP contribution in [0, 0.1) is 0 Å². The van der Waals surface area contributed by atoms with Crippen molar-refractivity contribution in [3.8, 4) is 33.9 Å². The van der Waals surface area contributed by atoms with Crippen LogP contribution < -0.4 is 9.80 Å². The molecule has 1 heterocycles. The first-order valence-electron chi connectivity index (χ1n) is 12.5. The zero-order valence-corrected chi connectivity index (χ0v) is 22.4. The highest BCUT2D eigenvalue weighted by atomic mass is 16.5. The van der Waals surface area contributed by atoms with Gasteiger partial charge in [-0.25, -0.2) is 4.98 Å². The monoisotopic (exact) mass is 496 g/mol. The summed E-state index contributed by atoms with van der Waals surface area (Å²) >= 11 is 0. The predicted molar refractivity (Wildman–Crippen MR) is 155 cm³/mol. The molecule has 0 amide bonds. The van der Waals surface area contributed by atoms with E-state index in [1.807, 2.05) is 34.3 Å². The quantitative estimate of drug-likeness (QED) is 0.250. The number of anilines is 2. The highest BCUT2D eigenvalue weighted by molar-refractivity contribution is 5.82. The van der Waals surface area contributed by atoms with Crippen molar-refractivity contribution in [1.82, 2.24) is 9.97 Å². The maximum Gasteiger partial charge on any atom is 0.138 e. The van der Waals surface area contributed by atoms with Crippen molar-refractivity contribution in [2.24, 2.45) is 0 Å². The predicted octanol–water partition coefficient (Wildman–Crippen LogP) is 6.22. The van der Waals surface area contributed by atoms with Gasteiger partial charge in [-0.05, 0) is 29.8 Å². The van der Waals surface area contributed by atoms with Gasteiger partial charge in [-0.3, -0.25) is 0 Å². The Morgan fingerprint density at radius 1 is 0.730 bits per heavy atom. The molecule has 1 N–H and O–H groups in total. The Morgan fingerprint density at radius 3 is 1.86 bits per heavy atom. The second-order valence-corrected chi connectivity index (χ2v) is 9.28. The Morgan fingerprint density at radius 2 is 1.30 bits per heavy atom. The number of methoxy groups -OCH3 is 1. The highest BCUT2D eigenvalue weighted by Crippen LogP contribution is 2.34. The molecule has 0 saturated heterocycles. The second-order valence-electron chi connectivity index (χ2n) is 9.28. The summed E-state index contributed by atoms with van der Waals surface area (Å²) in [6.07, 6.45) is 4.08. The Balaban J connectivity index is 1.63. The third-order valence-electron chi connectivity index (χ3n) is 6.17. The summed E-state index contributed by atoms with van der Waals surface area (Å²) in [5.41, 5.74) is 8.60. The molecular formula is C31H36N4O2. The molecule has 0 saturated carbocycles. The molecule has 0 atom stereocenters. The molecule has 0 spiro atoms. The number of hydrogen-bond acceptors (Lipinski definition) is 5. The van der Waals surface area contributed by atoms with Gasteiger partial charge in [0, 0.05) is 63.4 Å². The maximum absolute atomic E-state index is 5.50. The first-order valence-corrected chi connectivity index (χ1v) is 12.5. The van der Waals surface area contributed by atoms with E-state index in [1.165, 1.54) is 0 Å². The summed E-state index contributed by atoms with van der Waals surface area (Å²) in [6.45, 7) is 1.77. The Bertz CT molecular complexity index is 1220. The van der Waals surface area contributed by atoms with Gasteiger partial charge in [-0.1, -0.05) is 60.7 Å². The summed E-state index contributed by atoms with van der Waals surface area (Å²) in [5, 5.41) is 0. The fourth-order valence-corrected chi connectivity index (χ4v) is 4.00. The zero-order chi connectivity index (χ0) is 26.2. The maximum atomic E-state index is 5.50. The molecule has 1 aromatic heterocycles. The van der Waals surface area contributed by atoms with Gasteiger partial charge in [0.25, 0.3) is 0 Å². The second kappa shape index (κ2) is 12.4. The Kier molecular flexibility index (Phi) is 8.77. The number of H-pyrrole nitrogens is 1. The molecule has 6 heteroatoms. The molecule has 0 unspecified atom stereocenters. The average molecular weight is 497 g/mol. The summed E-state index contributed by atoms with van der Waals surface area (Å²) in [4.78, 5) is 12.9. The van der Waals surface area contributed by atoms with Crippen molar-refractivity contribution in [2.75, 3.05) is 64.9 Å². The van der Waals surface area contributed by atoms with Gasteiger partial charge in [0.1, 0.15) is 5.82 Å². The molecular weight excluding hydrogens is 460 g/mol. The standard InChI is InChI=1S/C31H36N4O2/c1-34(2)27-16-12-24(13-17-27)29-30(25-14-18-28(19-15-25)35(3)4)33-31(32-29)26-10-8-23(9-11-26)7-6-20-37-22-21-36-5/h6-19H,20-22H2,1-5H3,(H,32,33)/b7-6+. The molecule has 4 aromatic rings. The molecule has 0 radical (unpaired) electrons. The molecule has 4 rings (SSSR count). The zero-order valence-electron chi connectivity index (χ0n) is 22.4. The lowest BCUT2D eigenvalue weighted by Crippen LogP contribution is -2.08. The minimum absolute atomic E-state index is 0.565. The van der Waals surface area contributed by atoms with Crippen LogP contribution in [-0.2, 0) is 9.47 Å². The fraction of sp³-hybridized carbons (Fsp3) is 0.258. The van der Waals surface area contributed by atoms with Crippen LogP contribution in [-0.4, -0.2) is 65.1 Å². The Labute approximate surface area is 220 Å². The first kappa shape index (κ1) is 26.2. The fourth-order valence-electron chi connectivity index (χ4n) is 4.00. The van der Waals surface area contributed by atoms with Crippen LogP contribution in [0.2, 0.25) is 0 Å². The number of ether oxygens (including phenoxy) is 2. The molecule has 0 aliphatic heterocycles. The average Bonchev–Trinajstić information content (AvgIpc) is 3.36. The highest BCUT2D eigenvalue weighted by Gasteiger charge is 2.16. The summed E-state index contributed by atoms with van der Waals surface area (Å²) < 4.78 is 10.5. The van der Waals surface area contributed by atoms with Gasteiger partial charge in [0.05, 0.1) is 31.2 Å². The van der Waals surface area contributed by atoms with Gasteiger partial charge >= 0.3 is 0 Å². The van der Waals surface area contributed by atoms with E-state index in [1.54, 1.807) is 7.11 Å². The van der Waals surface area contributed by atoms with Gasteiger partial charge in [-0.2, -0.15) is 0 Å². The van der Waals surface area contributed by atoms with E-state index >= 15 is 0 Å². The van der Waals surface area contributed by atoms with E-state index in [2.05, 4.69) is 93.7 Å². The SMILES string of the molecule is COCCOC/C=C/c1ccc(-c2nc(-c3ccc(N(C)C)cc3)c(-c3ccc(N(C)C)cc3)[nH]2)cc1. The van der Waals surface area contributed by atoms with Gasteiger partial charge < -0.3 is 24.3 Å². The molecule has 6 nitrogen and oxygen atoms in total. The van der Waals surface area contributed by atoms with Crippen molar-refractivity contribution in [3.63, 3.8) is 0 Å². The number of nitrogens with one attached hydrogen (secondary N) is 1. The third-order valence-corrected chi connectivity index (χ3v) is 6.17. The molecule has 0 aliphatic carbocycles. The van der Waals surface area contributed by atoms with Crippen LogP contribution >= 0.6 is 0 Å². The normalized spacial score (nSPS) is 11.3.